The summed E-state index contributed by atoms with van der Waals surface area (Å²) < 4.78 is 11.5. The summed E-state index contributed by atoms with van der Waals surface area (Å²) in [6.07, 6.45) is 0. The van der Waals surface area contributed by atoms with Crippen molar-refractivity contribution in [2.24, 2.45) is 5.92 Å². The lowest BCUT2D eigenvalue weighted by Crippen LogP contribution is -2.12. The number of nitrogens with two attached hydrogens (primary N) is 1. The van der Waals surface area contributed by atoms with E-state index in [1.54, 1.807) is 0 Å². The summed E-state index contributed by atoms with van der Waals surface area (Å²) in [7, 11) is 0. The van der Waals surface area contributed by atoms with Gasteiger partial charge in [0, 0.05) is 17.2 Å². The van der Waals surface area contributed by atoms with Crippen molar-refractivity contribution in [1.82, 2.24) is 9.97 Å². The third kappa shape index (κ3) is 2.52. The molecule has 0 spiro atoms. The molecule has 1 aromatic carbocycles. The van der Waals surface area contributed by atoms with Crippen LogP contribution in [0.3, 0.4) is 0 Å². The van der Waals surface area contributed by atoms with Crippen molar-refractivity contribution in [3.63, 3.8) is 0 Å². The van der Waals surface area contributed by atoms with Crippen LogP contribution in [0.25, 0.3) is 11.3 Å². The van der Waals surface area contributed by atoms with Crippen LogP contribution < -0.4 is 15.2 Å². The van der Waals surface area contributed by atoms with Gasteiger partial charge in [0.2, 0.25) is 5.95 Å². The van der Waals surface area contributed by atoms with Crippen LogP contribution in [0.5, 0.6) is 11.5 Å². The van der Waals surface area contributed by atoms with Crippen LogP contribution in [0.4, 0.5) is 5.95 Å². The molecule has 2 heterocycles. The third-order valence-corrected chi connectivity index (χ3v) is 3.16. The highest BCUT2D eigenvalue weighted by atomic mass is 16.5. The Hall–Kier alpha value is -2.30. The molecule has 2 aromatic rings. The van der Waals surface area contributed by atoms with Gasteiger partial charge >= 0.3 is 0 Å². The second-order valence-electron chi connectivity index (χ2n) is 5.14. The predicted octanol–water partition coefficient (Wildman–Crippen LogP) is 2.44. The van der Waals surface area contributed by atoms with Crippen LogP contribution in [0.15, 0.2) is 24.3 Å². The Bertz CT molecular complexity index is 623. The lowest BCUT2D eigenvalue weighted by Gasteiger charge is -2.09. The molecule has 0 aliphatic carbocycles. The molecule has 0 amide bonds. The number of hydrogen-bond donors (Lipinski definition) is 1. The first-order valence-electron chi connectivity index (χ1n) is 6.63. The molecule has 5 nitrogen and oxygen atoms in total. The number of fused-ring (bicyclic) bond motifs is 1. The Labute approximate surface area is 117 Å². The molecular weight excluding hydrogens is 254 g/mol. The summed E-state index contributed by atoms with van der Waals surface area (Å²) in [5.74, 6) is 2.18. The topological polar surface area (TPSA) is 70.3 Å². The number of anilines is 1. The van der Waals surface area contributed by atoms with Gasteiger partial charge in [0.15, 0.2) is 11.5 Å². The van der Waals surface area contributed by atoms with Crippen molar-refractivity contribution in [1.29, 1.82) is 0 Å². The van der Waals surface area contributed by atoms with Crippen LogP contribution in [0, 0.1) is 12.8 Å². The highest BCUT2D eigenvalue weighted by Crippen LogP contribution is 2.34. The number of nitrogen functional groups attached to an aromatic ring is 1. The first-order valence-corrected chi connectivity index (χ1v) is 6.63. The highest BCUT2D eigenvalue weighted by Gasteiger charge is 2.16. The van der Waals surface area contributed by atoms with E-state index in [9.17, 15) is 0 Å². The van der Waals surface area contributed by atoms with Gasteiger partial charge in [-0.15, -0.1) is 0 Å². The number of aromatic nitrogens is 2. The molecule has 0 radical (unpaired) electrons. The minimum Gasteiger partial charge on any atom is -0.489 e. The lowest BCUT2D eigenvalue weighted by atomic mass is 10.1. The molecule has 1 aliphatic rings. The van der Waals surface area contributed by atoms with Crippen molar-refractivity contribution >= 4 is 5.95 Å². The second kappa shape index (κ2) is 5.00. The molecule has 1 unspecified atom stereocenters. The van der Waals surface area contributed by atoms with Crippen LogP contribution in [0.1, 0.15) is 12.6 Å². The quantitative estimate of drug-likeness (QED) is 0.862. The molecule has 0 saturated carbocycles. The first kappa shape index (κ1) is 12.7. The van der Waals surface area contributed by atoms with Crippen LogP contribution in [-0.2, 0) is 0 Å². The van der Waals surface area contributed by atoms with Gasteiger partial charge in [0.05, 0.1) is 18.9 Å². The van der Waals surface area contributed by atoms with Crippen molar-refractivity contribution in [2.75, 3.05) is 18.9 Å². The summed E-state index contributed by atoms with van der Waals surface area (Å²) in [6.45, 7) is 5.32. The Kier molecular flexibility index (Phi) is 3.18. The molecule has 104 valence electrons. The van der Waals surface area contributed by atoms with Gasteiger partial charge in [-0.25, -0.2) is 9.97 Å². The summed E-state index contributed by atoms with van der Waals surface area (Å²) in [5, 5.41) is 0. The Morgan fingerprint density at radius 3 is 2.60 bits per heavy atom. The minimum atomic E-state index is 0.278. The van der Waals surface area contributed by atoms with Gasteiger partial charge in [-0.05, 0) is 31.2 Å². The zero-order chi connectivity index (χ0) is 14.1. The van der Waals surface area contributed by atoms with E-state index in [0.717, 1.165) is 28.5 Å². The summed E-state index contributed by atoms with van der Waals surface area (Å²) in [4.78, 5) is 8.34. The first-order chi connectivity index (χ1) is 9.61. The zero-order valence-electron chi connectivity index (χ0n) is 11.6. The fraction of sp³-hybridized carbons (Fsp3) is 0.333. The summed E-state index contributed by atoms with van der Waals surface area (Å²) in [5.41, 5.74) is 8.27. The van der Waals surface area contributed by atoms with E-state index in [4.69, 9.17) is 15.2 Å². The van der Waals surface area contributed by atoms with Crippen molar-refractivity contribution in [3.8, 4) is 22.8 Å². The van der Waals surface area contributed by atoms with E-state index in [-0.39, 0.29) is 5.95 Å². The average molecular weight is 271 g/mol. The van der Waals surface area contributed by atoms with E-state index in [0.29, 0.717) is 19.1 Å². The Morgan fingerprint density at radius 2 is 1.85 bits per heavy atom. The largest absolute Gasteiger partial charge is 0.489 e. The van der Waals surface area contributed by atoms with Crippen molar-refractivity contribution < 1.29 is 9.47 Å². The van der Waals surface area contributed by atoms with Gasteiger partial charge in [-0.2, -0.15) is 0 Å². The summed E-state index contributed by atoms with van der Waals surface area (Å²) in [6, 6.07) is 7.71. The molecule has 0 bridgehead atoms. The number of rotatable bonds is 1. The van der Waals surface area contributed by atoms with Gasteiger partial charge in [-0.1, -0.05) is 6.92 Å². The number of nitrogens with zero attached hydrogens (tertiary/aromatic N) is 2. The molecule has 1 aliphatic heterocycles. The maximum atomic E-state index is 5.78. The van der Waals surface area contributed by atoms with E-state index < -0.39 is 0 Å². The van der Waals surface area contributed by atoms with E-state index >= 15 is 0 Å². The fourth-order valence-corrected chi connectivity index (χ4v) is 2.15. The maximum absolute atomic E-state index is 5.78. The van der Waals surface area contributed by atoms with E-state index in [1.165, 1.54) is 0 Å². The van der Waals surface area contributed by atoms with Crippen molar-refractivity contribution in [2.45, 2.75) is 13.8 Å². The monoisotopic (exact) mass is 271 g/mol. The van der Waals surface area contributed by atoms with Gasteiger partial charge in [-0.3, -0.25) is 0 Å². The molecule has 0 fully saturated rings. The highest BCUT2D eigenvalue weighted by molar-refractivity contribution is 5.65. The smallest absolute Gasteiger partial charge is 0.220 e. The van der Waals surface area contributed by atoms with Crippen molar-refractivity contribution in [3.05, 3.63) is 30.0 Å². The molecule has 20 heavy (non-hydrogen) atoms. The molecule has 1 atom stereocenters. The predicted molar refractivity (Wildman–Crippen MR) is 76.8 cm³/mol. The molecule has 3 rings (SSSR count). The van der Waals surface area contributed by atoms with Crippen LogP contribution in [-0.4, -0.2) is 23.2 Å². The van der Waals surface area contributed by atoms with Crippen LogP contribution >= 0.6 is 0 Å². The van der Waals surface area contributed by atoms with E-state index in [1.807, 2.05) is 31.2 Å². The molecular formula is C15H17N3O2. The Balaban J connectivity index is 2.00. The molecule has 1 aromatic heterocycles. The van der Waals surface area contributed by atoms with Gasteiger partial charge in [0.1, 0.15) is 0 Å². The number of aryl methyl sites for hydroxylation is 1. The second-order valence-corrected chi connectivity index (χ2v) is 5.14. The van der Waals surface area contributed by atoms with Gasteiger partial charge < -0.3 is 15.2 Å². The average Bonchev–Trinajstić information content (AvgIpc) is 2.59. The molecule has 5 heteroatoms. The molecule has 2 N–H and O–H groups in total. The zero-order valence-corrected chi connectivity index (χ0v) is 11.6. The standard InChI is InChI=1S/C15H17N3O2/c1-9-7-19-13-4-3-11(6-14(13)20-8-9)12-5-10(2)17-15(16)18-12/h3-6,9H,7-8H2,1-2H3,(H2,16,17,18). The minimum absolute atomic E-state index is 0.278. The number of hydrogen-bond acceptors (Lipinski definition) is 5. The number of benzene rings is 1. The van der Waals surface area contributed by atoms with Gasteiger partial charge in [0.25, 0.3) is 0 Å². The normalized spacial score (nSPS) is 17.6. The molecule has 0 saturated heterocycles. The maximum Gasteiger partial charge on any atom is 0.220 e. The Morgan fingerprint density at radius 1 is 1.10 bits per heavy atom. The fourth-order valence-electron chi connectivity index (χ4n) is 2.15. The third-order valence-electron chi connectivity index (χ3n) is 3.16. The lowest BCUT2D eigenvalue weighted by molar-refractivity contribution is 0.228. The van der Waals surface area contributed by atoms with Crippen LogP contribution in [0.2, 0.25) is 0 Å². The summed E-state index contributed by atoms with van der Waals surface area (Å²) >= 11 is 0. The number of ether oxygens (including phenoxy) is 2. The van der Waals surface area contributed by atoms with E-state index in [2.05, 4.69) is 16.9 Å². The SMILES string of the molecule is Cc1cc(-c2ccc3c(c2)OCC(C)CO3)nc(N)n1.